The van der Waals surface area contributed by atoms with Crippen LogP contribution >= 0.6 is 46.3 Å². The summed E-state index contributed by atoms with van der Waals surface area (Å²) in [6, 6.07) is 4.65. The summed E-state index contributed by atoms with van der Waals surface area (Å²) >= 11 is 14.4. The number of hydrogen-bond donors (Lipinski definition) is 2. The molecule has 0 atom stereocenters. The second-order valence-electron chi connectivity index (χ2n) is 5.44. The van der Waals surface area contributed by atoms with Gasteiger partial charge in [0.05, 0.1) is 22.3 Å². The van der Waals surface area contributed by atoms with Gasteiger partial charge in [0, 0.05) is 24.2 Å². The third-order valence-corrected chi connectivity index (χ3v) is 5.97. The molecule has 0 saturated heterocycles. The lowest BCUT2D eigenvalue weighted by molar-refractivity contribution is -0.113. The normalized spacial score (nSPS) is 10.7. The van der Waals surface area contributed by atoms with E-state index in [0.717, 1.165) is 0 Å². The average molecular weight is 457 g/mol. The maximum Gasteiger partial charge on any atom is 0.251 e. The molecule has 0 bridgehead atoms. The first-order valence-corrected chi connectivity index (χ1v) is 10.5. The van der Waals surface area contributed by atoms with Crippen molar-refractivity contribution in [2.24, 2.45) is 7.05 Å². The van der Waals surface area contributed by atoms with Crippen molar-refractivity contribution in [1.29, 1.82) is 0 Å². The van der Waals surface area contributed by atoms with Crippen LogP contribution in [-0.2, 0) is 18.4 Å². The van der Waals surface area contributed by atoms with Gasteiger partial charge >= 0.3 is 0 Å². The summed E-state index contributed by atoms with van der Waals surface area (Å²) in [6.45, 7) is 0.175. The fourth-order valence-electron chi connectivity index (χ4n) is 2.09. The smallest absolute Gasteiger partial charge is 0.251 e. The van der Waals surface area contributed by atoms with E-state index in [2.05, 4.69) is 25.8 Å². The van der Waals surface area contributed by atoms with Gasteiger partial charge in [-0.3, -0.25) is 9.59 Å². The van der Waals surface area contributed by atoms with Gasteiger partial charge < -0.3 is 15.2 Å². The van der Waals surface area contributed by atoms with Crippen molar-refractivity contribution in [1.82, 2.24) is 25.1 Å². The Morgan fingerprint density at radius 2 is 2.07 bits per heavy atom. The highest BCUT2D eigenvalue weighted by atomic mass is 35.5. The molecular formula is C16H14Cl2N6O2S2. The van der Waals surface area contributed by atoms with Crippen molar-refractivity contribution in [3.63, 3.8) is 0 Å². The number of benzene rings is 1. The van der Waals surface area contributed by atoms with Crippen LogP contribution in [0.2, 0.25) is 10.0 Å². The Morgan fingerprint density at radius 1 is 1.25 bits per heavy atom. The molecule has 0 fully saturated rings. The molecule has 2 heterocycles. The summed E-state index contributed by atoms with van der Waals surface area (Å²) in [4.78, 5) is 28.2. The minimum Gasteiger partial charge on any atom is -0.345 e. The van der Waals surface area contributed by atoms with Gasteiger partial charge in [0.25, 0.3) is 5.91 Å². The number of amides is 2. The zero-order chi connectivity index (χ0) is 20.1. The molecule has 28 heavy (non-hydrogen) atoms. The third kappa shape index (κ3) is 5.22. The van der Waals surface area contributed by atoms with Gasteiger partial charge in [0.2, 0.25) is 5.91 Å². The SMILES string of the molecule is Cn1c(CNC(=O)c2ccc(Cl)c(Cl)c2)nnc1SCC(=O)Nc1nccs1. The Morgan fingerprint density at radius 3 is 2.79 bits per heavy atom. The predicted octanol–water partition coefficient (Wildman–Crippen LogP) is 3.24. The number of halogens is 2. The molecule has 8 nitrogen and oxygen atoms in total. The van der Waals surface area contributed by atoms with Crippen LogP contribution in [0.3, 0.4) is 0 Å². The fraction of sp³-hybridized carbons (Fsp3) is 0.188. The number of hydrogen-bond acceptors (Lipinski definition) is 7. The summed E-state index contributed by atoms with van der Waals surface area (Å²) in [5.41, 5.74) is 0.394. The number of rotatable bonds is 7. The van der Waals surface area contributed by atoms with Crippen molar-refractivity contribution in [3.05, 3.63) is 51.2 Å². The molecule has 2 N–H and O–H groups in total. The largest absolute Gasteiger partial charge is 0.345 e. The Bertz CT molecular complexity index is 993. The second-order valence-corrected chi connectivity index (χ2v) is 8.09. The first kappa shape index (κ1) is 20.6. The van der Waals surface area contributed by atoms with Gasteiger partial charge in [0.15, 0.2) is 16.1 Å². The van der Waals surface area contributed by atoms with E-state index in [1.54, 1.807) is 35.3 Å². The topological polar surface area (TPSA) is 102 Å². The van der Waals surface area contributed by atoms with Gasteiger partial charge in [0.1, 0.15) is 0 Å². The van der Waals surface area contributed by atoms with Crippen molar-refractivity contribution in [2.75, 3.05) is 11.1 Å². The van der Waals surface area contributed by atoms with Gasteiger partial charge in [-0.2, -0.15) is 0 Å². The number of thiazole rings is 1. The van der Waals surface area contributed by atoms with Crippen LogP contribution in [0.4, 0.5) is 5.13 Å². The Labute approximate surface area is 178 Å². The van der Waals surface area contributed by atoms with Crippen molar-refractivity contribution < 1.29 is 9.59 Å². The molecule has 3 aromatic rings. The lowest BCUT2D eigenvalue weighted by Crippen LogP contribution is -2.24. The van der Waals surface area contributed by atoms with E-state index in [1.165, 1.54) is 29.2 Å². The van der Waals surface area contributed by atoms with Crippen molar-refractivity contribution >= 4 is 63.2 Å². The standard InChI is InChI=1S/C16H14Cl2N6O2S2/c1-24-12(7-20-14(26)9-2-3-10(17)11(18)6-9)22-23-16(24)28-8-13(25)21-15-19-4-5-27-15/h2-6H,7-8H2,1H3,(H,20,26)(H,19,21,25). The van der Waals surface area contributed by atoms with Crippen LogP contribution in [0.1, 0.15) is 16.2 Å². The Balaban J connectivity index is 1.53. The highest BCUT2D eigenvalue weighted by molar-refractivity contribution is 7.99. The molecule has 0 unspecified atom stereocenters. The minimum atomic E-state index is -0.307. The molecule has 12 heteroatoms. The van der Waals surface area contributed by atoms with E-state index in [0.29, 0.717) is 31.7 Å². The van der Waals surface area contributed by atoms with Gasteiger partial charge in [-0.25, -0.2) is 4.98 Å². The lowest BCUT2D eigenvalue weighted by Gasteiger charge is -2.07. The first-order valence-electron chi connectivity index (χ1n) is 7.87. The van der Waals surface area contributed by atoms with E-state index < -0.39 is 0 Å². The van der Waals surface area contributed by atoms with E-state index >= 15 is 0 Å². The predicted molar refractivity (Wildman–Crippen MR) is 110 cm³/mol. The van der Waals surface area contributed by atoms with Gasteiger partial charge in [-0.1, -0.05) is 35.0 Å². The van der Waals surface area contributed by atoms with Crippen LogP contribution in [0.15, 0.2) is 34.9 Å². The summed E-state index contributed by atoms with van der Waals surface area (Å²) in [5.74, 6) is 0.230. The molecule has 0 saturated carbocycles. The zero-order valence-corrected chi connectivity index (χ0v) is 17.6. The van der Waals surface area contributed by atoms with Crippen LogP contribution in [0.25, 0.3) is 0 Å². The summed E-state index contributed by atoms with van der Waals surface area (Å²) in [6.07, 6.45) is 1.62. The number of thioether (sulfide) groups is 1. The molecule has 2 aromatic heterocycles. The number of nitrogens with one attached hydrogen (secondary N) is 2. The van der Waals surface area contributed by atoms with Crippen molar-refractivity contribution in [2.45, 2.75) is 11.7 Å². The number of carbonyl (C=O) groups is 2. The summed E-state index contributed by atoms with van der Waals surface area (Å²) in [5, 5.41) is 17.1. The molecule has 0 aliphatic rings. The number of nitrogens with zero attached hydrogens (tertiary/aromatic N) is 4. The average Bonchev–Trinajstić information content (AvgIpc) is 3.30. The van der Waals surface area contributed by atoms with Crippen LogP contribution in [0.5, 0.6) is 0 Å². The van der Waals surface area contributed by atoms with E-state index in [1.807, 2.05) is 0 Å². The Kier molecular flexibility index (Phi) is 6.89. The molecule has 2 amide bonds. The number of carbonyl (C=O) groups excluding carboxylic acids is 2. The molecule has 3 rings (SSSR count). The van der Waals surface area contributed by atoms with E-state index in [-0.39, 0.29) is 24.1 Å². The quantitative estimate of drug-likeness (QED) is 0.529. The summed E-state index contributed by atoms with van der Waals surface area (Å²) < 4.78 is 1.72. The molecule has 0 radical (unpaired) electrons. The van der Waals surface area contributed by atoms with Gasteiger partial charge in [-0.05, 0) is 18.2 Å². The summed E-state index contributed by atoms with van der Waals surface area (Å²) in [7, 11) is 1.77. The lowest BCUT2D eigenvalue weighted by atomic mass is 10.2. The van der Waals surface area contributed by atoms with E-state index in [4.69, 9.17) is 23.2 Å². The van der Waals surface area contributed by atoms with Gasteiger partial charge in [-0.15, -0.1) is 21.5 Å². The number of aromatic nitrogens is 4. The van der Waals surface area contributed by atoms with E-state index in [9.17, 15) is 9.59 Å². The molecule has 0 aliphatic heterocycles. The maximum absolute atomic E-state index is 12.2. The maximum atomic E-state index is 12.2. The fourth-order valence-corrected chi connectivity index (χ4v) is 3.67. The first-order chi connectivity index (χ1) is 13.4. The van der Waals surface area contributed by atoms with Crippen molar-refractivity contribution in [3.8, 4) is 0 Å². The molecule has 146 valence electrons. The Hall–Kier alpha value is -2.14. The molecule has 1 aromatic carbocycles. The highest BCUT2D eigenvalue weighted by Crippen LogP contribution is 2.22. The third-order valence-electron chi connectivity index (χ3n) is 3.52. The number of anilines is 1. The molecular weight excluding hydrogens is 443 g/mol. The second kappa shape index (κ2) is 9.37. The van der Waals surface area contributed by atoms with Crippen LogP contribution in [0, 0.1) is 0 Å². The molecule has 0 spiro atoms. The van der Waals surface area contributed by atoms with Crippen LogP contribution < -0.4 is 10.6 Å². The van der Waals surface area contributed by atoms with Crippen LogP contribution in [-0.4, -0.2) is 37.3 Å². The highest BCUT2D eigenvalue weighted by Gasteiger charge is 2.14. The zero-order valence-electron chi connectivity index (χ0n) is 14.5. The molecule has 0 aliphatic carbocycles. The minimum absolute atomic E-state index is 0.168. The monoisotopic (exact) mass is 456 g/mol.